The van der Waals surface area contributed by atoms with Crippen molar-refractivity contribution in [3.05, 3.63) is 76.8 Å². The molecule has 0 bridgehead atoms. The van der Waals surface area contributed by atoms with E-state index in [1.807, 2.05) is 55.7 Å². The quantitative estimate of drug-likeness (QED) is 0.671. The van der Waals surface area contributed by atoms with Crippen LogP contribution in [0.4, 0.5) is 5.95 Å². The van der Waals surface area contributed by atoms with Gasteiger partial charge in [-0.15, -0.1) is 0 Å². The van der Waals surface area contributed by atoms with Crippen molar-refractivity contribution in [2.24, 2.45) is 0 Å². The van der Waals surface area contributed by atoms with Gasteiger partial charge in [0, 0.05) is 6.08 Å². The molecule has 1 aromatic carbocycles. The van der Waals surface area contributed by atoms with Crippen molar-refractivity contribution < 1.29 is 0 Å². The molecule has 1 aliphatic heterocycles. The van der Waals surface area contributed by atoms with Gasteiger partial charge in [0.15, 0.2) is 5.03 Å². The van der Waals surface area contributed by atoms with Crippen molar-refractivity contribution in [1.29, 1.82) is 0 Å². The number of quaternary nitrogens is 1. The summed E-state index contributed by atoms with van der Waals surface area (Å²) in [5, 5.41) is 13.9. The molecule has 3 rings (SSSR count). The Kier molecular flexibility index (Phi) is 4.02. The summed E-state index contributed by atoms with van der Waals surface area (Å²) in [6, 6.07) is 8.13. The molecule has 4 nitrogen and oxygen atoms in total. The van der Waals surface area contributed by atoms with Crippen LogP contribution in [0.5, 0.6) is 0 Å². The predicted octanol–water partition coefficient (Wildman–Crippen LogP) is 4.48. The van der Waals surface area contributed by atoms with E-state index in [4.69, 9.17) is 0 Å². The summed E-state index contributed by atoms with van der Waals surface area (Å²) in [6.45, 7) is 2.05. The molecule has 0 radical (unpaired) electrons. The standard InChI is InChI=1S/C17H17N3OS/c1-13-7-9-14(10-8-13)15-12-18-17(19-15)20(21)11-5-3-4-6-16(20)22-2/h3-12H,1-2H3,(H,18,19). The van der Waals surface area contributed by atoms with Crippen molar-refractivity contribution in [3.8, 4) is 11.3 Å². The molecule has 1 aliphatic rings. The summed E-state index contributed by atoms with van der Waals surface area (Å²) in [5.74, 6) is 0.358. The van der Waals surface area contributed by atoms with Gasteiger partial charge in [-0.3, -0.25) is 4.98 Å². The Hall–Kier alpha value is -2.08. The third-order valence-corrected chi connectivity index (χ3v) is 4.36. The maximum Gasteiger partial charge on any atom is 0.317 e. The second-order valence-electron chi connectivity index (χ2n) is 5.08. The highest BCUT2D eigenvalue weighted by atomic mass is 32.2. The molecule has 0 spiro atoms. The third kappa shape index (κ3) is 2.66. The maximum atomic E-state index is 13.2. The van der Waals surface area contributed by atoms with Gasteiger partial charge in [0.2, 0.25) is 0 Å². The minimum absolute atomic E-state index is 0.358. The van der Waals surface area contributed by atoms with E-state index in [1.165, 1.54) is 17.3 Å². The summed E-state index contributed by atoms with van der Waals surface area (Å²) in [6.07, 6.45) is 12.5. The molecule has 1 N–H and O–H groups in total. The zero-order chi connectivity index (χ0) is 15.6. The monoisotopic (exact) mass is 311 g/mol. The van der Waals surface area contributed by atoms with E-state index in [9.17, 15) is 5.21 Å². The second-order valence-corrected chi connectivity index (χ2v) is 5.91. The fraction of sp³-hybridized carbons (Fsp3) is 0.118. The Labute approximate surface area is 134 Å². The molecule has 0 amide bonds. The van der Waals surface area contributed by atoms with Crippen molar-refractivity contribution in [2.45, 2.75) is 6.92 Å². The lowest BCUT2D eigenvalue weighted by Gasteiger charge is -2.35. The number of imidazole rings is 1. The van der Waals surface area contributed by atoms with Gasteiger partial charge in [0.25, 0.3) is 0 Å². The lowest BCUT2D eigenvalue weighted by Crippen LogP contribution is -2.35. The lowest BCUT2D eigenvalue weighted by atomic mass is 10.1. The highest BCUT2D eigenvalue weighted by molar-refractivity contribution is 8.02. The first-order valence-corrected chi connectivity index (χ1v) is 8.19. The van der Waals surface area contributed by atoms with Crippen LogP contribution in [0.2, 0.25) is 0 Å². The normalized spacial score (nSPS) is 20.8. The molecule has 0 saturated heterocycles. The molecule has 1 unspecified atom stereocenters. The van der Waals surface area contributed by atoms with E-state index >= 15 is 0 Å². The van der Waals surface area contributed by atoms with Crippen molar-refractivity contribution in [1.82, 2.24) is 14.6 Å². The van der Waals surface area contributed by atoms with Gasteiger partial charge < -0.3 is 5.21 Å². The number of nitrogens with one attached hydrogen (secondary N) is 1. The number of aromatic amines is 1. The minimum Gasteiger partial charge on any atom is -0.614 e. The van der Waals surface area contributed by atoms with E-state index in [0.717, 1.165) is 11.3 Å². The van der Waals surface area contributed by atoms with Crippen LogP contribution >= 0.6 is 11.8 Å². The molecule has 2 aromatic rings. The zero-order valence-corrected chi connectivity index (χ0v) is 13.3. The number of benzene rings is 1. The van der Waals surface area contributed by atoms with Gasteiger partial charge in [-0.1, -0.05) is 53.7 Å². The number of aryl methyl sites for hydroxylation is 1. The number of nitrogens with zero attached hydrogens (tertiary/aromatic N) is 2. The number of hydrogen-bond donors (Lipinski definition) is 1. The van der Waals surface area contributed by atoms with Gasteiger partial charge in [0.05, 0.1) is 11.9 Å². The smallest absolute Gasteiger partial charge is 0.317 e. The van der Waals surface area contributed by atoms with Crippen molar-refractivity contribution >= 4 is 17.7 Å². The molecule has 1 aromatic heterocycles. The summed E-state index contributed by atoms with van der Waals surface area (Å²) in [7, 11) is 0. The molecule has 0 fully saturated rings. The first kappa shape index (κ1) is 14.8. The molecular formula is C17H17N3OS. The summed E-state index contributed by atoms with van der Waals surface area (Å²) < 4.78 is -0.708. The predicted molar refractivity (Wildman–Crippen MR) is 93.8 cm³/mol. The molecule has 2 heterocycles. The fourth-order valence-corrected chi connectivity index (χ4v) is 2.93. The third-order valence-electron chi connectivity index (χ3n) is 3.53. The van der Waals surface area contributed by atoms with Crippen molar-refractivity contribution in [3.63, 3.8) is 0 Å². The van der Waals surface area contributed by atoms with Gasteiger partial charge in [-0.25, -0.2) is 4.65 Å². The highest BCUT2D eigenvalue weighted by Gasteiger charge is 2.27. The number of allylic oxidation sites excluding steroid dienone is 4. The van der Waals surface area contributed by atoms with Crippen LogP contribution in [0.1, 0.15) is 5.56 Å². The number of hydrogen-bond acceptors (Lipinski definition) is 3. The summed E-state index contributed by atoms with van der Waals surface area (Å²) in [4.78, 5) is 7.49. The SMILES string of the molecule is CSC1=CC=CC=C[N+]1([O-])c1ncc(-c2ccc(C)cc2)[nH]1. The van der Waals surface area contributed by atoms with Gasteiger partial charge >= 0.3 is 5.95 Å². The van der Waals surface area contributed by atoms with E-state index in [2.05, 4.69) is 9.97 Å². The fourth-order valence-electron chi connectivity index (χ4n) is 2.30. The minimum atomic E-state index is -0.708. The van der Waals surface area contributed by atoms with Crippen molar-refractivity contribution in [2.75, 3.05) is 6.26 Å². The van der Waals surface area contributed by atoms with E-state index in [0.29, 0.717) is 11.0 Å². The molecular weight excluding hydrogens is 294 g/mol. The van der Waals surface area contributed by atoms with Gasteiger partial charge in [0.1, 0.15) is 6.20 Å². The number of rotatable bonds is 3. The molecule has 0 aliphatic carbocycles. The first-order valence-electron chi connectivity index (χ1n) is 6.96. The molecule has 5 heteroatoms. The Morgan fingerprint density at radius 1 is 1.14 bits per heavy atom. The highest BCUT2D eigenvalue weighted by Crippen LogP contribution is 2.34. The topological polar surface area (TPSA) is 51.7 Å². The maximum absolute atomic E-state index is 13.2. The van der Waals surface area contributed by atoms with Crippen LogP contribution in [0, 0.1) is 12.1 Å². The van der Waals surface area contributed by atoms with Crippen LogP contribution in [0.25, 0.3) is 11.3 Å². The number of H-pyrrole nitrogens is 1. The van der Waals surface area contributed by atoms with Gasteiger partial charge in [-0.05, 0) is 24.8 Å². The summed E-state index contributed by atoms with van der Waals surface area (Å²) >= 11 is 1.43. The number of thioether (sulfide) groups is 1. The van der Waals surface area contributed by atoms with E-state index < -0.39 is 4.65 Å². The molecule has 1 atom stereocenters. The van der Waals surface area contributed by atoms with Crippen LogP contribution in [0.3, 0.4) is 0 Å². The van der Waals surface area contributed by atoms with Crippen LogP contribution in [-0.4, -0.2) is 16.2 Å². The van der Waals surface area contributed by atoms with Crippen LogP contribution in [0.15, 0.2) is 66.0 Å². The van der Waals surface area contributed by atoms with E-state index in [-0.39, 0.29) is 0 Å². The Bertz CT molecular complexity index is 758. The zero-order valence-electron chi connectivity index (χ0n) is 12.5. The summed E-state index contributed by atoms with van der Waals surface area (Å²) in [5.41, 5.74) is 3.06. The average molecular weight is 311 g/mol. The lowest BCUT2D eigenvalue weighted by molar-refractivity contribution is 0.613. The van der Waals surface area contributed by atoms with Crippen LogP contribution in [-0.2, 0) is 0 Å². The molecule has 112 valence electrons. The Balaban J connectivity index is 2.01. The number of hydroxylamine groups is 2. The number of aromatic nitrogens is 2. The molecule has 0 saturated carbocycles. The van der Waals surface area contributed by atoms with Crippen LogP contribution < -0.4 is 4.65 Å². The Morgan fingerprint density at radius 3 is 2.64 bits per heavy atom. The molecule has 22 heavy (non-hydrogen) atoms. The van der Waals surface area contributed by atoms with E-state index in [1.54, 1.807) is 18.5 Å². The van der Waals surface area contributed by atoms with Gasteiger partial charge in [-0.2, -0.15) is 4.98 Å². The average Bonchev–Trinajstić information content (AvgIpc) is 2.94. The first-order chi connectivity index (χ1) is 10.6. The second kappa shape index (κ2) is 5.96. The Morgan fingerprint density at radius 2 is 1.91 bits per heavy atom. The largest absolute Gasteiger partial charge is 0.614 e.